The number of hydrogen-bond acceptors (Lipinski definition) is 4. The SMILES string of the molecule is COC(=O)C1(N2CCC2)CCCNC1. The van der Waals surface area contributed by atoms with Crippen LogP contribution in [0.25, 0.3) is 0 Å². The molecule has 1 atom stereocenters. The second-order valence-corrected chi connectivity index (χ2v) is 4.14. The van der Waals surface area contributed by atoms with Crippen LogP contribution in [0, 0.1) is 0 Å². The Morgan fingerprint density at radius 3 is 2.64 bits per heavy atom. The van der Waals surface area contributed by atoms with Gasteiger partial charge in [-0.3, -0.25) is 4.90 Å². The van der Waals surface area contributed by atoms with Gasteiger partial charge in [-0.1, -0.05) is 0 Å². The van der Waals surface area contributed by atoms with E-state index in [0.717, 1.165) is 39.0 Å². The molecule has 2 heterocycles. The molecule has 1 N–H and O–H groups in total. The quantitative estimate of drug-likeness (QED) is 0.634. The molecule has 2 saturated heterocycles. The highest BCUT2D eigenvalue weighted by Crippen LogP contribution is 2.29. The van der Waals surface area contributed by atoms with E-state index in [1.54, 1.807) is 0 Å². The highest BCUT2D eigenvalue weighted by Gasteiger charge is 2.47. The van der Waals surface area contributed by atoms with Crippen LogP contribution >= 0.6 is 0 Å². The second-order valence-electron chi connectivity index (χ2n) is 4.14. The van der Waals surface area contributed by atoms with E-state index in [9.17, 15) is 4.79 Å². The Morgan fingerprint density at radius 2 is 2.21 bits per heavy atom. The van der Waals surface area contributed by atoms with Gasteiger partial charge in [0.25, 0.3) is 0 Å². The van der Waals surface area contributed by atoms with E-state index in [1.807, 2.05) is 0 Å². The number of methoxy groups -OCH3 is 1. The molecule has 2 fully saturated rings. The van der Waals surface area contributed by atoms with Gasteiger partial charge in [0, 0.05) is 19.6 Å². The highest BCUT2D eigenvalue weighted by atomic mass is 16.5. The number of nitrogens with zero attached hydrogens (tertiary/aromatic N) is 1. The van der Waals surface area contributed by atoms with Crippen molar-refractivity contribution in [2.75, 3.05) is 33.3 Å². The fraction of sp³-hybridized carbons (Fsp3) is 0.900. The molecule has 0 spiro atoms. The Bertz CT molecular complexity index is 220. The summed E-state index contributed by atoms with van der Waals surface area (Å²) in [4.78, 5) is 14.1. The van der Waals surface area contributed by atoms with Crippen molar-refractivity contribution in [1.29, 1.82) is 0 Å². The molecule has 0 bridgehead atoms. The summed E-state index contributed by atoms with van der Waals surface area (Å²) < 4.78 is 4.93. The summed E-state index contributed by atoms with van der Waals surface area (Å²) >= 11 is 0. The summed E-state index contributed by atoms with van der Waals surface area (Å²) in [5.74, 6) is -0.0654. The van der Waals surface area contributed by atoms with Gasteiger partial charge in [0.05, 0.1) is 7.11 Å². The third-order valence-electron chi connectivity index (χ3n) is 3.39. The molecule has 0 radical (unpaired) electrons. The Morgan fingerprint density at radius 1 is 1.43 bits per heavy atom. The average molecular weight is 198 g/mol. The smallest absolute Gasteiger partial charge is 0.327 e. The molecule has 0 aromatic rings. The number of rotatable bonds is 2. The fourth-order valence-corrected chi connectivity index (χ4v) is 2.40. The number of ether oxygens (including phenoxy) is 1. The minimum absolute atomic E-state index is 0.0654. The van der Waals surface area contributed by atoms with Crippen molar-refractivity contribution in [3.8, 4) is 0 Å². The molecule has 2 rings (SSSR count). The van der Waals surface area contributed by atoms with Gasteiger partial charge in [-0.2, -0.15) is 0 Å². The molecule has 1 unspecified atom stereocenters. The summed E-state index contributed by atoms with van der Waals surface area (Å²) in [5.41, 5.74) is -0.356. The zero-order valence-corrected chi connectivity index (χ0v) is 8.71. The summed E-state index contributed by atoms with van der Waals surface area (Å²) in [6.07, 6.45) is 3.21. The van der Waals surface area contributed by atoms with Gasteiger partial charge >= 0.3 is 5.97 Å². The maximum absolute atomic E-state index is 11.8. The van der Waals surface area contributed by atoms with Crippen LogP contribution in [0.3, 0.4) is 0 Å². The van der Waals surface area contributed by atoms with Crippen LogP contribution in [0.2, 0.25) is 0 Å². The third-order valence-corrected chi connectivity index (χ3v) is 3.39. The molecule has 2 aliphatic heterocycles. The standard InChI is InChI=1S/C10H18N2O2/c1-14-9(13)10(12-6-3-7-12)4-2-5-11-8-10/h11H,2-8H2,1H3. The first-order valence-corrected chi connectivity index (χ1v) is 5.34. The van der Waals surface area contributed by atoms with Crippen molar-refractivity contribution in [3.05, 3.63) is 0 Å². The largest absolute Gasteiger partial charge is 0.468 e. The van der Waals surface area contributed by atoms with Crippen LogP contribution in [-0.4, -0.2) is 49.7 Å². The number of hydrogen-bond donors (Lipinski definition) is 1. The lowest BCUT2D eigenvalue weighted by atomic mass is 9.86. The number of nitrogens with one attached hydrogen (secondary N) is 1. The molecule has 0 aliphatic carbocycles. The van der Waals surface area contributed by atoms with E-state index in [-0.39, 0.29) is 11.5 Å². The lowest BCUT2D eigenvalue weighted by Crippen LogP contribution is -2.66. The van der Waals surface area contributed by atoms with Gasteiger partial charge in [0.1, 0.15) is 5.54 Å². The molecule has 80 valence electrons. The Labute approximate surface area is 84.6 Å². The molecule has 4 heteroatoms. The minimum Gasteiger partial charge on any atom is -0.468 e. The molecule has 2 aliphatic rings. The van der Waals surface area contributed by atoms with Crippen LogP contribution in [0.1, 0.15) is 19.3 Å². The van der Waals surface area contributed by atoms with Crippen LogP contribution in [0.5, 0.6) is 0 Å². The van der Waals surface area contributed by atoms with E-state index >= 15 is 0 Å². The lowest BCUT2D eigenvalue weighted by Gasteiger charge is -2.48. The van der Waals surface area contributed by atoms with E-state index in [4.69, 9.17) is 4.74 Å². The van der Waals surface area contributed by atoms with Crippen molar-refractivity contribution in [1.82, 2.24) is 10.2 Å². The van der Waals surface area contributed by atoms with Crippen molar-refractivity contribution in [2.24, 2.45) is 0 Å². The molecule has 4 nitrogen and oxygen atoms in total. The summed E-state index contributed by atoms with van der Waals surface area (Å²) in [6, 6.07) is 0. The number of carbonyl (C=O) groups excluding carboxylic acids is 1. The normalized spacial score (nSPS) is 33.5. The van der Waals surface area contributed by atoms with Gasteiger partial charge in [-0.15, -0.1) is 0 Å². The number of carbonyl (C=O) groups is 1. The molecule has 0 saturated carbocycles. The first kappa shape index (κ1) is 9.93. The molecule has 0 amide bonds. The topological polar surface area (TPSA) is 41.6 Å². The predicted octanol–water partition coefficient (Wildman–Crippen LogP) is -0.0127. The van der Waals surface area contributed by atoms with Crippen molar-refractivity contribution >= 4 is 5.97 Å². The maximum atomic E-state index is 11.8. The number of likely N-dealkylation sites (tertiary alicyclic amines) is 1. The van der Waals surface area contributed by atoms with Crippen molar-refractivity contribution in [2.45, 2.75) is 24.8 Å². The third kappa shape index (κ3) is 1.42. The number of esters is 1. The summed E-state index contributed by atoms with van der Waals surface area (Å²) in [6.45, 7) is 3.85. The average Bonchev–Trinajstić information content (AvgIpc) is 2.15. The molecular formula is C10H18N2O2. The predicted molar refractivity (Wildman–Crippen MR) is 53.0 cm³/mol. The monoisotopic (exact) mass is 198 g/mol. The Hall–Kier alpha value is -0.610. The van der Waals surface area contributed by atoms with Gasteiger partial charge in [-0.25, -0.2) is 4.79 Å². The zero-order chi connectivity index (χ0) is 10.0. The van der Waals surface area contributed by atoms with E-state index in [0.29, 0.717) is 0 Å². The lowest BCUT2D eigenvalue weighted by molar-refractivity contribution is -0.160. The van der Waals surface area contributed by atoms with E-state index in [1.165, 1.54) is 13.5 Å². The van der Waals surface area contributed by atoms with Crippen LogP contribution < -0.4 is 5.32 Å². The molecular weight excluding hydrogens is 180 g/mol. The van der Waals surface area contributed by atoms with Crippen LogP contribution in [-0.2, 0) is 9.53 Å². The first-order valence-electron chi connectivity index (χ1n) is 5.34. The zero-order valence-electron chi connectivity index (χ0n) is 8.71. The molecule has 14 heavy (non-hydrogen) atoms. The first-order chi connectivity index (χ1) is 6.79. The van der Waals surface area contributed by atoms with Gasteiger partial charge < -0.3 is 10.1 Å². The summed E-state index contributed by atoms with van der Waals surface area (Å²) in [7, 11) is 1.48. The minimum atomic E-state index is -0.356. The van der Waals surface area contributed by atoms with E-state index in [2.05, 4.69) is 10.2 Å². The van der Waals surface area contributed by atoms with Crippen LogP contribution in [0.4, 0.5) is 0 Å². The van der Waals surface area contributed by atoms with Gasteiger partial charge in [0.2, 0.25) is 0 Å². The molecule has 0 aromatic carbocycles. The van der Waals surface area contributed by atoms with Crippen molar-refractivity contribution in [3.63, 3.8) is 0 Å². The van der Waals surface area contributed by atoms with Gasteiger partial charge in [-0.05, 0) is 25.8 Å². The molecule has 0 aromatic heterocycles. The second kappa shape index (κ2) is 3.87. The van der Waals surface area contributed by atoms with Crippen molar-refractivity contribution < 1.29 is 9.53 Å². The Balaban J connectivity index is 2.13. The summed E-state index contributed by atoms with van der Waals surface area (Å²) in [5, 5.41) is 3.30. The van der Waals surface area contributed by atoms with E-state index < -0.39 is 0 Å². The van der Waals surface area contributed by atoms with Crippen LogP contribution in [0.15, 0.2) is 0 Å². The highest BCUT2D eigenvalue weighted by molar-refractivity contribution is 5.81. The Kier molecular flexibility index (Phi) is 2.74. The number of piperidine rings is 1. The van der Waals surface area contributed by atoms with Gasteiger partial charge in [0.15, 0.2) is 0 Å². The maximum Gasteiger partial charge on any atom is 0.327 e. The fourth-order valence-electron chi connectivity index (χ4n) is 2.40.